The van der Waals surface area contributed by atoms with Crippen molar-refractivity contribution in [3.63, 3.8) is 0 Å². The molecule has 0 saturated heterocycles. The van der Waals surface area contributed by atoms with Gasteiger partial charge in [0, 0.05) is 6.20 Å². The Labute approximate surface area is 81.6 Å². The highest BCUT2D eigenvalue weighted by molar-refractivity contribution is 5.47. The third-order valence-electron chi connectivity index (χ3n) is 1.69. The minimum Gasteiger partial charge on any atom is -0.494 e. The molecule has 1 rings (SSSR count). The predicted molar refractivity (Wildman–Crippen MR) is 45.2 cm³/mol. The smallest absolute Gasteiger partial charge is 0.346 e. The van der Waals surface area contributed by atoms with Crippen molar-refractivity contribution < 1.29 is 18.4 Å². The number of aromatic nitrogens is 1. The average molecular weight is 220 g/mol. The molecule has 1 N–H and O–H groups in total. The van der Waals surface area contributed by atoms with Crippen molar-refractivity contribution in [3.05, 3.63) is 32.2 Å². The van der Waals surface area contributed by atoms with Gasteiger partial charge >= 0.3 is 11.2 Å². The summed E-state index contributed by atoms with van der Waals surface area (Å²) in [6, 6.07) is 0. The van der Waals surface area contributed by atoms with Crippen LogP contribution in [-0.2, 0) is 0 Å². The van der Waals surface area contributed by atoms with Crippen molar-refractivity contribution in [1.82, 2.24) is 4.98 Å². The Morgan fingerprint density at radius 3 is 2.60 bits per heavy atom. The van der Waals surface area contributed by atoms with Gasteiger partial charge in [-0.05, 0) is 0 Å². The van der Waals surface area contributed by atoms with Gasteiger partial charge in [-0.2, -0.15) is 0 Å². The molecule has 0 amide bonds. The molecule has 8 heteroatoms. The third kappa shape index (κ3) is 1.92. The summed E-state index contributed by atoms with van der Waals surface area (Å²) < 4.78 is 29.5. The number of rotatable bonds is 3. The number of aromatic amines is 1. The molecule has 0 saturated carbocycles. The molecule has 0 aromatic carbocycles. The van der Waals surface area contributed by atoms with E-state index in [0.29, 0.717) is 0 Å². The summed E-state index contributed by atoms with van der Waals surface area (Å²) >= 11 is 0. The van der Waals surface area contributed by atoms with Crippen LogP contribution in [0.5, 0.6) is 5.75 Å². The summed E-state index contributed by atoms with van der Waals surface area (Å²) in [5, 5.41) is 10.4. The number of ether oxygens (including phenoxy) is 1. The zero-order valence-electron chi connectivity index (χ0n) is 7.49. The van der Waals surface area contributed by atoms with Gasteiger partial charge in [0.15, 0.2) is 5.75 Å². The first-order chi connectivity index (χ1) is 6.99. The second-order valence-electron chi connectivity index (χ2n) is 2.51. The maximum Gasteiger partial charge on any atom is 0.346 e. The Morgan fingerprint density at radius 2 is 2.20 bits per heavy atom. The fourth-order valence-electron chi connectivity index (χ4n) is 1.08. The summed E-state index contributed by atoms with van der Waals surface area (Å²) in [5.74, 6) is -0.420. The van der Waals surface area contributed by atoms with Crippen LogP contribution >= 0.6 is 0 Å². The summed E-state index contributed by atoms with van der Waals surface area (Å²) in [4.78, 5) is 22.2. The number of hydrogen-bond acceptors (Lipinski definition) is 4. The lowest BCUT2D eigenvalue weighted by atomic mass is 10.2. The van der Waals surface area contributed by atoms with Crippen LogP contribution in [0.25, 0.3) is 0 Å². The molecule has 82 valence electrons. The number of nitrogens with zero attached hydrogens (tertiary/aromatic N) is 1. The fraction of sp³-hybridized carbons (Fsp3) is 0.286. The first-order valence-corrected chi connectivity index (χ1v) is 3.71. The predicted octanol–water partition coefficient (Wildman–Crippen LogP) is 1.23. The normalized spacial score (nSPS) is 10.4. The Hall–Kier alpha value is -1.99. The van der Waals surface area contributed by atoms with Gasteiger partial charge in [0.05, 0.1) is 12.0 Å². The lowest BCUT2D eigenvalue weighted by molar-refractivity contribution is -0.387. The number of nitro groups is 1. The number of alkyl halides is 2. The molecule has 0 unspecified atom stereocenters. The van der Waals surface area contributed by atoms with Crippen LogP contribution < -0.4 is 10.3 Å². The van der Waals surface area contributed by atoms with Crippen LogP contribution in [0.4, 0.5) is 14.5 Å². The summed E-state index contributed by atoms with van der Waals surface area (Å²) in [6.07, 6.45) is -2.29. The van der Waals surface area contributed by atoms with Gasteiger partial charge in [-0.3, -0.25) is 14.9 Å². The second kappa shape index (κ2) is 4.03. The molecule has 0 aliphatic rings. The number of nitrogens with one attached hydrogen (secondary N) is 1. The molecule has 0 aliphatic carbocycles. The lowest BCUT2D eigenvalue weighted by Crippen LogP contribution is -2.15. The van der Waals surface area contributed by atoms with Crippen molar-refractivity contribution in [3.8, 4) is 5.75 Å². The van der Waals surface area contributed by atoms with E-state index in [-0.39, 0.29) is 0 Å². The molecule has 0 spiro atoms. The number of pyridine rings is 1. The van der Waals surface area contributed by atoms with E-state index in [1.807, 2.05) is 4.98 Å². The van der Waals surface area contributed by atoms with E-state index in [9.17, 15) is 23.7 Å². The minimum atomic E-state index is -3.15. The van der Waals surface area contributed by atoms with Gasteiger partial charge in [-0.25, -0.2) is 8.78 Å². The number of hydrogen-bond donors (Lipinski definition) is 1. The van der Waals surface area contributed by atoms with Gasteiger partial charge in [0.25, 0.3) is 6.43 Å². The van der Waals surface area contributed by atoms with Crippen LogP contribution in [0.2, 0.25) is 0 Å². The third-order valence-corrected chi connectivity index (χ3v) is 1.69. The van der Waals surface area contributed by atoms with E-state index >= 15 is 0 Å². The fourth-order valence-corrected chi connectivity index (χ4v) is 1.08. The van der Waals surface area contributed by atoms with Gasteiger partial charge in [0.2, 0.25) is 0 Å². The monoisotopic (exact) mass is 220 g/mol. The lowest BCUT2D eigenvalue weighted by Gasteiger charge is -2.06. The molecule has 0 fully saturated rings. The molecule has 6 nitrogen and oxygen atoms in total. The van der Waals surface area contributed by atoms with Gasteiger partial charge in [0.1, 0.15) is 5.56 Å². The minimum absolute atomic E-state index is 0.420. The highest BCUT2D eigenvalue weighted by Gasteiger charge is 2.30. The SMILES string of the molecule is COc1c[nH]c(=O)c([N+](=O)[O-])c1C(F)F. The van der Waals surface area contributed by atoms with E-state index in [1.54, 1.807) is 0 Å². The molecular formula is C7H6F2N2O4. The van der Waals surface area contributed by atoms with E-state index in [4.69, 9.17) is 0 Å². The Kier molecular flexibility index (Phi) is 2.98. The topological polar surface area (TPSA) is 85.2 Å². The van der Waals surface area contributed by atoms with Crippen molar-refractivity contribution in [2.45, 2.75) is 6.43 Å². The highest BCUT2D eigenvalue weighted by Crippen LogP contribution is 2.33. The largest absolute Gasteiger partial charge is 0.494 e. The molecule has 1 heterocycles. The molecular weight excluding hydrogens is 214 g/mol. The molecule has 0 aliphatic heterocycles. The summed E-state index contributed by atoms with van der Waals surface area (Å²) in [5.41, 5.74) is -3.38. The number of methoxy groups -OCH3 is 1. The molecule has 1 aromatic heterocycles. The molecule has 1 aromatic rings. The van der Waals surface area contributed by atoms with Crippen LogP contribution in [0.1, 0.15) is 12.0 Å². The number of H-pyrrole nitrogens is 1. The van der Waals surface area contributed by atoms with E-state index in [0.717, 1.165) is 13.3 Å². The van der Waals surface area contributed by atoms with Gasteiger partial charge in [-0.1, -0.05) is 0 Å². The van der Waals surface area contributed by atoms with Gasteiger partial charge < -0.3 is 9.72 Å². The standard InChI is InChI=1S/C7H6F2N2O4/c1-15-3-2-10-7(12)5(11(13)14)4(3)6(8)9/h2,6H,1H3,(H,10,12). The highest BCUT2D eigenvalue weighted by atomic mass is 19.3. The quantitative estimate of drug-likeness (QED) is 0.613. The van der Waals surface area contributed by atoms with E-state index < -0.39 is 33.9 Å². The van der Waals surface area contributed by atoms with Gasteiger partial charge in [-0.15, -0.1) is 0 Å². The van der Waals surface area contributed by atoms with Crippen molar-refractivity contribution in [2.75, 3.05) is 7.11 Å². The maximum atomic E-state index is 12.5. The van der Waals surface area contributed by atoms with Crippen LogP contribution in [-0.4, -0.2) is 17.0 Å². The summed E-state index contributed by atoms with van der Waals surface area (Å²) in [6.45, 7) is 0. The summed E-state index contributed by atoms with van der Waals surface area (Å²) in [7, 11) is 1.07. The van der Waals surface area contributed by atoms with Crippen molar-refractivity contribution in [2.24, 2.45) is 0 Å². The van der Waals surface area contributed by atoms with E-state index in [2.05, 4.69) is 4.74 Å². The Balaban J connectivity index is 3.58. The number of halogens is 2. The van der Waals surface area contributed by atoms with Crippen LogP contribution in [0.3, 0.4) is 0 Å². The molecule has 0 atom stereocenters. The van der Waals surface area contributed by atoms with E-state index in [1.165, 1.54) is 0 Å². The van der Waals surface area contributed by atoms with Crippen LogP contribution in [0.15, 0.2) is 11.0 Å². The first-order valence-electron chi connectivity index (χ1n) is 3.71. The Morgan fingerprint density at radius 1 is 1.60 bits per heavy atom. The second-order valence-corrected chi connectivity index (χ2v) is 2.51. The van der Waals surface area contributed by atoms with Crippen molar-refractivity contribution >= 4 is 5.69 Å². The van der Waals surface area contributed by atoms with Crippen LogP contribution in [0, 0.1) is 10.1 Å². The zero-order valence-corrected chi connectivity index (χ0v) is 7.49. The zero-order chi connectivity index (χ0) is 11.6. The average Bonchev–Trinajstić information content (AvgIpc) is 2.16. The molecule has 0 bridgehead atoms. The molecule has 15 heavy (non-hydrogen) atoms. The molecule has 0 radical (unpaired) electrons. The Bertz CT molecular complexity index is 443. The van der Waals surface area contributed by atoms with Crippen molar-refractivity contribution in [1.29, 1.82) is 0 Å². The maximum absolute atomic E-state index is 12.5. The first kappa shape index (κ1) is 11.1.